The van der Waals surface area contributed by atoms with Crippen LogP contribution in [0.1, 0.15) is 58.9 Å². The highest BCUT2D eigenvalue weighted by Gasteiger charge is 2.46. The predicted molar refractivity (Wildman–Crippen MR) is 111 cm³/mol. The molecule has 2 aromatic rings. The lowest BCUT2D eigenvalue weighted by atomic mass is 9.66. The second-order valence-electron chi connectivity index (χ2n) is 8.98. The molecule has 0 saturated heterocycles. The van der Waals surface area contributed by atoms with Crippen LogP contribution in [-0.2, 0) is 4.79 Å². The maximum absolute atomic E-state index is 13.5. The van der Waals surface area contributed by atoms with Crippen molar-refractivity contribution >= 4 is 17.3 Å². The van der Waals surface area contributed by atoms with Crippen molar-refractivity contribution in [3.05, 3.63) is 87.8 Å². The smallest absolute Gasteiger partial charge is 0.210 e. The van der Waals surface area contributed by atoms with Gasteiger partial charge in [-0.3, -0.25) is 14.4 Å². The van der Waals surface area contributed by atoms with E-state index in [9.17, 15) is 19.5 Å². The second kappa shape index (κ2) is 6.26. The first-order valence-corrected chi connectivity index (χ1v) is 10.0. The topological polar surface area (TPSA) is 83.5 Å². The van der Waals surface area contributed by atoms with Crippen molar-refractivity contribution in [1.82, 2.24) is 5.32 Å². The number of fused-ring (bicyclic) bond motifs is 1. The maximum Gasteiger partial charge on any atom is 0.210 e. The minimum Gasteiger partial charge on any atom is -0.508 e. The summed E-state index contributed by atoms with van der Waals surface area (Å²) in [4.78, 5) is 40.1. The maximum atomic E-state index is 13.5. The Morgan fingerprint density at radius 3 is 2.17 bits per heavy atom. The number of Topliss-reactive ketones (excluding diaryl/α,β-unsaturated/α-hetero) is 3. The van der Waals surface area contributed by atoms with Crippen molar-refractivity contribution in [2.75, 3.05) is 0 Å². The van der Waals surface area contributed by atoms with Crippen LogP contribution in [0.3, 0.4) is 0 Å². The van der Waals surface area contributed by atoms with Crippen LogP contribution in [0.2, 0.25) is 0 Å². The third kappa shape index (κ3) is 2.65. The van der Waals surface area contributed by atoms with E-state index in [2.05, 4.69) is 5.32 Å². The number of rotatable bonds is 1. The predicted octanol–water partition coefficient (Wildman–Crippen LogP) is 4.06. The monoisotopic (exact) mass is 399 g/mol. The molecule has 5 nitrogen and oxygen atoms in total. The van der Waals surface area contributed by atoms with Crippen molar-refractivity contribution in [2.45, 2.75) is 32.6 Å². The molecule has 0 amide bonds. The van der Waals surface area contributed by atoms with Gasteiger partial charge in [0.05, 0.1) is 5.70 Å². The van der Waals surface area contributed by atoms with Crippen LogP contribution in [-0.4, -0.2) is 22.5 Å². The highest BCUT2D eigenvalue weighted by atomic mass is 16.3. The van der Waals surface area contributed by atoms with Gasteiger partial charge in [-0.25, -0.2) is 0 Å². The highest BCUT2D eigenvalue weighted by molar-refractivity contribution is 6.28. The fourth-order valence-corrected chi connectivity index (χ4v) is 4.87. The number of carbonyl (C=O) groups excluding carboxylic acids is 3. The van der Waals surface area contributed by atoms with Gasteiger partial charge in [0.1, 0.15) is 5.75 Å². The Morgan fingerprint density at radius 2 is 1.50 bits per heavy atom. The molecule has 2 N–H and O–H groups in total. The van der Waals surface area contributed by atoms with E-state index in [-0.39, 0.29) is 34.2 Å². The molecule has 3 aliphatic rings. The second-order valence-corrected chi connectivity index (χ2v) is 8.98. The van der Waals surface area contributed by atoms with Gasteiger partial charge in [-0.15, -0.1) is 0 Å². The molecular formula is C25H21NO4. The first-order valence-electron chi connectivity index (χ1n) is 10.0. The lowest BCUT2D eigenvalue weighted by Gasteiger charge is -2.41. The first-order chi connectivity index (χ1) is 14.3. The average Bonchev–Trinajstić information content (AvgIpc) is 2.70. The summed E-state index contributed by atoms with van der Waals surface area (Å²) in [5, 5.41) is 12.9. The van der Waals surface area contributed by atoms with Gasteiger partial charge in [0.2, 0.25) is 5.78 Å². The lowest BCUT2D eigenvalue weighted by molar-refractivity contribution is -0.118. The largest absolute Gasteiger partial charge is 0.508 e. The van der Waals surface area contributed by atoms with Crippen molar-refractivity contribution in [3.63, 3.8) is 0 Å². The third-order valence-corrected chi connectivity index (χ3v) is 6.16. The van der Waals surface area contributed by atoms with E-state index in [0.29, 0.717) is 46.4 Å². The molecular weight excluding hydrogens is 378 g/mol. The van der Waals surface area contributed by atoms with E-state index in [1.807, 2.05) is 13.8 Å². The summed E-state index contributed by atoms with van der Waals surface area (Å²) < 4.78 is 0. The SMILES string of the molecule is CC1(C)CC(=O)C2=C(C1)NC1=C(C(=O)c3ccccc3C1=O)C2c1ccc(O)cc1. The number of ketones is 3. The van der Waals surface area contributed by atoms with Crippen LogP contribution in [0.15, 0.2) is 71.1 Å². The van der Waals surface area contributed by atoms with E-state index in [1.165, 1.54) is 12.1 Å². The molecule has 0 spiro atoms. The van der Waals surface area contributed by atoms with Crippen LogP contribution in [0.4, 0.5) is 0 Å². The number of dihydropyridines is 1. The Morgan fingerprint density at radius 1 is 0.867 bits per heavy atom. The zero-order chi connectivity index (χ0) is 21.2. The number of phenolic OH excluding ortho intramolecular Hbond substituents is 1. The molecule has 1 atom stereocenters. The van der Waals surface area contributed by atoms with Gasteiger partial charge >= 0.3 is 0 Å². The molecule has 5 rings (SSSR count). The fourth-order valence-electron chi connectivity index (χ4n) is 4.87. The van der Waals surface area contributed by atoms with Gasteiger partial charge < -0.3 is 10.4 Å². The molecule has 0 bridgehead atoms. The molecule has 30 heavy (non-hydrogen) atoms. The molecule has 2 aromatic carbocycles. The molecule has 1 heterocycles. The number of hydrogen-bond acceptors (Lipinski definition) is 5. The summed E-state index contributed by atoms with van der Waals surface area (Å²) in [7, 11) is 0. The number of hydrogen-bond donors (Lipinski definition) is 2. The summed E-state index contributed by atoms with van der Waals surface area (Å²) in [6, 6.07) is 13.3. The number of allylic oxidation sites excluding steroid dienone is 4. The van der Waals surface area contributed by atoms with Crippen molar-refractivity contribution < 1.29 is 19.5 Å². The van der Waals surface area contributed by atoms with Crippen LogP contribution in [0.5, 0.6) is 5.75 Å². The van der Waals surface area contributed by atoms with E-state index in [4.69, 9.17) is 0 Å². The first kappa shape index (κ1) is 18.6. The van der Waals surface area contributed by atoms with Crippen LogP contribution in [0.25, 0.3) is 0 Å². The quantitative estimate of drug-likeness (QED) is 0.756. The van der Waals surface area contributed by atoms with Crippen molar-refractivity contribution in [2.24, 2.45) is 5.41 Å². The molecule has 150 valence electrons. The normalized spacial score (nSPS) is 22.3. The molecule has 2 aliphatic carbocycles. The molecule has 0 saturated carbocycles. The summed E-state index contributed by atoms with van der Waals surface area (Å²) in [6.45, 7) is 4.05. The number of aromatic hydroxyl groups is 1. The Balaban J connectivity index is 1.76. The van der Waals surface area contributed by atoms with E-state index < -0.39 is 5.92 Å². The van der Waals surface area contributed by atoms with Crippen LogP contribution in [0, 0.1) is 5.41 Å². The van der Waals surface area contributed by atoms with Crippen molar-refractivity contribution in [3.8, 4) is 5.75 Å². The summed E-state index contributed by atoms with van der Waals surface area (Å²) >= 11 is 0. The van der Waals surface area contributed by atoms with Gasteiger partial charge in [0, 0.05) is 40.3 Å². The third-order valence-electron chi connectivity index (χ3n) is 6.16. The van der Waals surface area contributed by atoms with Gasteiger partial charge in [-0.05, 0) is 29.5 Å². The van der Waals surface area contributed by atoms with Crippen molar-refractivity contribution in [1.29, 1.82) is 0 Å². The standard InChI is InChI=1S/C25H21NO4/c1-25(2)11-17-20(18(28)12-25)19(13-7-9-14(27)10-8-13)21-22(26-17)24(30)16-6-4-3-5-15(16)23(21)29/h3-10,19,26-27H,11-12H2,1-2H3. The fraction of sp³-hybridized carbons (Fsp3) is 0.240. The molecule has 0 fully saturated rings. The molecule has 1 aliphatic heterocycles. The molecule has 1 unspecified atom stereocenters. The Kier molecular flexibility index (Phi) is 3.87. The van der Waals surface area contributed by atoms with E-state index in [1.54, 1.807) is 36.4 Å². The summed E-state index contributed by atoms with van der Waals surface area (Å²) in [5.74, 6) is -1.02. The number of nitrogens with one attached hydrogen (secondary N) is 1. The van der Waals surface area contributed by atoms with Gasteiger partial charge in [-0.2, -0.15) is 0 Å². The minimum atomic E-state index is -0.634. The molecule has 0 radical (unpaired) electrons. The van der Waals surface area contributed by atoms with E-state index in [0.717, 1.165) is 0 Å². The van der Waals surface area contributed by atoms with Gasteiger partial charge in [0.25, 0.3) is 0 Å². The Labute approximate surface area is 174 Å². The Hall–Kier alpha value is -3.47. The van der Waals surface area contributed by atoms with Crippen LogP contribution >= 0.6 is 0 Å². The summed E-state index contributed by atoms with van der Waals surface area (Å²) in [6.07, 6.45) is 0.992. The average molecular weight is 399 g/mol. The molecule has 5 heteroatoms. The Bertz CT molecular complexity index is 1200. The zero-order valence-corrected chi connectivity index (χ0v) is 16.8. The number of carbonyl (C=O) groups is 3. The highest BCUT2D eigenvalue weighted by Crippen LogP contribution is 2.49. The summed E-state index contributed by atoms with van der Waals surface area (Å²) in [5.41, 5.74) is 3.07. The van der Waals surface area contributed by atoms with Crippen LogP contribution < -0.4 is 5.32 Å². The lowest BCUT2D eigenvalue weighted by Crippen LogP contribution is -2.42. The zero-order valence-electron chi connectivity index (χ0n) is 16.8. The van der Waals surface area contributed by atoms with Gasteiger partial charge in [0.15, 0.2) is 11.6 Å². The molecule has 0 aromatic heterocycles. The number of benzene rings is 2. The van der Waals surface area contributed by atoms with Gasteiger partial charge in [-0.1, -0.05) is 50.2 Å². The number of phenols is 1. The minimum absolute atomic E-state index is 0.0162. The van der Waals surface area contributed by atoms with E-state index >= 15 is 0 Å².